The highest BCUT2D eigenvalue weighted by molar-refractivity contribution is 6.70. The summed E-state index contributed by atoms with van der Waals surface area (Å²) in [5, 5.41) is 0. The number of rotatable bonds is 7. The lowest BCUT2D eigenvalue weighted by atomic mass is 9.44. The molecule has 36 heavy (non-hydrogen) atoms. The number of hydrogen-bond donors (Lipinski definition) is 0. The van der Waals surface area contributed by atoms with E-state index in [1.54, 1.807) is 0 Å². The van der Waals surface area contributed by atoms with E-state index < -0.39 is 25.0 Å². The normalized spacial score (nSPS) is 44.5. The van der Waals surface area contributed by atoms with Crippen molar-refractivity contribution in [1.82, 2.24) is 0 Å². The van der Waals surface area contributed by atoms with Crippen molar-refractivity contribution in [2.45, 2.75) is 155 Å². The van der Waals surface area contributed by atoms with Crippen molar-refractivity contribution < 1.29 is 13.3 Å². The zero-order valence-electron chi connectivity index (χ0n) is 26.1. The van der Waals surface area contributed by atoms with Crippen molar-refractivity contribution in [2.24, 2.45) is 34.5 Å². The summed E-state index contributed by atoms with van der Waals surface area (Å²) in [6, 6.07) is 0. The fraction of sp³-hybridized carbons (Fsp3) is 1.00. The highest BCUT2D eigenvalue weighted by Gasteiger charge is 2.67. The topological polar surface area (TPSA) is 27.7 Å². The van der Waals surface area contributed by atoms with Crippen LogP contribution in [-0.2, 0) is 13.3 Å². The van der Waals surface area contributed by atoms with Crippen LogP contribution in [0.15, 0.2) is 0 Å². The van der Waals surface area contributed by atoms with Gasteiger partial charge in [-0.15, -0.1) is 0 Å². The Labute approximate surface area is 227 Å². The predicted molar refractivity (Wildman–Crippen MR) is 161 cm³/mol. The van der Waals surface area contributed by atoms with Crippen LogP contribution in [0.1, 0.15) is 78.6 Å². The smallest absolute Gasteiger partial charge is 0.184 e. The van der Waals surface area contributed by atoms with Gasteiger partial charge in [0.05, 0.1) is 11.7 Å². The van der Waals surface area contributed by atoms with Crippen LogP contribution in [-0.4, -0.2) is 42.8 Å². The van der Waals surface area contributed by atoms with E-state index in [0.29, 0.717) is 11.5 Å². The molecule has 0 aromatic carbocycles. The van der Waals surface area contributed by atoms with Crippen molar-refractivity contribution >= 4 is 25.0 Å². The molecule has 6 heteroatoms. The summed E-state index contributed by atoms with van der Waals surface area (Å²) in [7, 11) is -4.88. The molecular weight excluding hydrogens is 493 g/mol. The lowest BCUT2D eigenvalue weighted by Crippen LogP contribution is -2.63. The van der Waals surface area contributed by atoms with Crippen LogP contribution in [0.3, 0.4) is 0 Å². The molecule has 1 unspecified atom stereocenters. The van der Waals surface area contributed by atoms with Crippen LogP contribution < -0.4 is 0 Å². The maximum absolute atomic E-state index is 7.36. The third-order valence-corrected chi connectivity index (χ3v) is 14.1. The lowest BCUT2D eigenvalue weighted by molar-refractivity contribution is -0.175. The molecule has 4 rings (SSSR count). The molecule has 0 saturated heterocycles. The fourth-order valence-electron chi connectivity index (χ4n) is 9.95. The Hall–Kier alpha value is 0.531. The summed E-state index contributed by atoms with van der Waals surface area (Å²) in [6.07, 6.45) is 12.8. The van der Waals surface area contributed by atoms with E-state index in [-0.39, 0.29) is 17.1 Å². The van der Waals surface area contributed by atoms with Gasteiger partial charge in [-0.25, -0.2) is 0 Å². The SMILES string of the molecule is CC(O[Si](C)(C)C)[C@@]1(O[Si](C)(C)C)CC[C@H]2[C@@H]3CC[C@H]4C[C@H](O[Si](C)(C)C)CC[C@]4(C)[C@H]3CC[C@@]21C. The third kappa shape index (κ3) is 5.43. The molecule has 9 atom stereocenters. The molecule has 4 fully saturated rings. The van der Waals surface area contributed by atoms with E-state index in [4.69, 9.17) is 13.3 Å². The first kappa shape index (κ1) is 29.5. The maximum Gasteiger partial charge on any atom is 0.184 e. The molecule has 0 aromatic rings. The fourth-order valence-corrected chi connectivity index (χ4v) is 14.0. The molecule has 3 nitrogen and oxygen atoms in total. The molecule has 0 heterocycles. The minimum atomic E-state index is -1.75. The van der Waals surface area contributed by atoms with Gasteiger partial charge in [0.2, 0.25) is 0 Å². The van der Waals surface area contributed by atoms with Crippen LogP contribution in [0.2, 0.25) is 58.9 Å². The van der Waals surface area contributed by atoms with Crippen LogP contribution in [0.4, 0.5) is 0 Å². The van der Waals surface area contributed by atoms with Gasteiger partial charge in [0.1, 0.15) is 0 Å². The first-order valence-electron chi connectivity index (χ1n) is 15.4. The number of hydrogen-bond acceptors (Lipinski definition) is 3. The summed E-state index contributed by atoms with van der Waals surface area (Å²) >= 11 is 0. The van der Waals surface area contributed by atoms with Gasteiger partial charge in [-0.05, 0) is 153 Å². The summed E-state index contributed by atoms with van der Waals surface area (Å²) in [5.74, 6) is 3.40. The van der Waals surface area contributed by atoms with Crippen LogP contribution in [0.25, 0.3) is 0 Å². The molecular formula is C30H60O3Si3. The van der Waals surface area contributed by atoms with Crippen molar-refractivity contribution in [2.75, 3.05) is 0 Å². The number of fused-ring (bicyclic) bond motifs is 5. The Balaban J connectivity index is 1.59. The molecule has 0 amide bonds. The summed E-state index contributed by atoms with van der Waals surface area (Å²) in [4.78, 5) is 0. The standard InChI is InChI=1S/C30H60O3Si3/c1-22(31-34(4,5)6)30(33-36(10,11)12)20-17-27-25-14-13-23-21-24(32-35(7,8)9)15-18-28(23,2)26(25)16-19-29(27,30)3/h22-27H,13-21H2,1-12H3/t22?,23-,24+,25+,26-,27-,28-,29-,30-/m0/s1. The minimum absolute atomic E-state index is 0.117. The Bertz CT molecular complexity index is 799. The van der Waals surface area contributed by atoms with E-state index in [1.807, 2.05) is 0 Å². The maximum atomic E-state index is 7.36. The molecule has 4 saturated carbocycles. The molecule has 0 N–H and O–H groups in total. The highest BCUT2D eigenvalue weighted by Crippen LogP contribution is 2.70. The molecule has 4 aliphatic rings. The minimum Gasteiger partial charge on any atom is -0.415 e. The van der Waals surface area contributed by atoms with E-state index in [1.165, 1.54) is 57.8 Å². The average molecular weight is 553 g/mol. The van der Waals surface area contributed by atoms with E-state index in [0.717, 1.165) is 23.7 Å². The Morgan fingerprint density at radius 1 is 0.694 bits per heavy atom. The van der Waals surface area contributed by atoms with Gasteiger partial charge in [-0.2, -0.15) is 0 Å². The van der Waals surface area contributed by atoms with E-state index in [2.05, 4.69) is 79.7 Å². The van der Waals surface area contributed by atoms with Gasteiger partial charge in [-0.3, -0.25) is 0 Å². The van der Waals surface area contributed by atoms with Crippen LogP contribution in [0, 0.1) is 34.5 Å². The van der Waals surface area contributed by atoms with Gasteiger partial charge < -0.3 is 13.3 Å². The zero-order chi connectivity index (χ0) is 26.9. The monoisotopic (exact) mass is 552 g/mol. The summed E-state index contributed by atoms with van der Waals surface area (Å²) < 4.78 is 20.9. The lowest BCUT2D eigenvalue weighted by Gasteiger charge is -2.63. The van der Waals surface area contributed by atoms with Crippen LogP contribution in [0.5, 0.6) is 0 Å². The molecule has 210 valence electrons. The predicted octanol–water partition coefficient (Wildman–Crippen LogP) is 9.08. The van der Waals surface area contributed by atoms with Gasteiger partial charge >= 0.3 is 0 Å². The molecule has 0 bridgehead atoms. The Morgan fingerprint density at radius 2 is 1.33 bits per heavy atom. The Kier molecular flexibility index (Phi) is 7.85. The second kappa shape index (κ2) is 9.57. The first-order chi connectivity index (χ1) is 16.3. The molecule has 0 radical (unpaired) electrons. The highest BCUT2D eigenvalue weighted by atomic mass is 28.4. The molecule has 0 spiro atoms. The van der Waals surface area contributed by atoms with Gasteiger partial charge in [0, 0.05) is 11.5 Å². The van der Waals surface area contributed by atoms with E-state index in [9.17, 15) is 0 Å². The van der Waals surface area contributed by atoms with Crippen LogP contribution >= 0.6 is 0 Å². The molecule has 0 aromatic heterocycles. The quantitative estimate of drug-likeness (QED) is 0.295. The van der Waals surface area contributed by atoms with Crippen molar-refractivity contribution in [3.63, 3.8) is 0 Å². The Morgan fingerprint density at radius 3 is 1.92 bits per heavy atom. The summed E-state index contributed by atoms with van der Waals surface area (Å²) in [5.41, 5.74) is 0.623. The second-order valence-corrected chi connectivity index (χ2v) is 30.1. The first-order valence-corrected chi connectivity index (χ1v) is 25.6. The molecule has 4 aliphatic carbocycles. The average Bonchev–Trinajstić information content (AvgIpc) is 2.98. The van der Waals surface area contributed by atoms with Crippen molar-refractivity contribution in [3.05, 3.63) is 0 Å². The summed E-state index contributed by atoms with van der Waals surface area (Å²) in [6.45, 7) is 29.0. The zero-order valence-corrected chi connectivity index (χ0v) is 29.1. The second-order valence-electron chi connectivity index (χ2n) is 16.8. The van der Waals surface area contributed by atoms with Gasteiger partial charge in [-0.1, -0.05) is 13.8 Å². The van der Waals surface area contributed by atoms with Crippen molar-refractivity contribution in [1.29, 1.82) is 0 Å². The van der Waals surface area contributed by atoms with E-state index >= 15 is 0 Å². The largest absolute Gasteiger partial charge is 0.415 e. The van der Waals surface area contributed by atoms with Crippen molar-refractivity contribution in [3.8, 4) is 0 Å². The van der Waals surface area contributed by atoms with Gasteiger partial charge in [0.25, 0.3) is 0 Å². The van der Waals surface area contributed by atoms with Gasteiger partial charge in [0.15, 0.2) is 25.0 Å². The third-order valence-electron chi connectivity index (χ3n) is 11.0. The molecule has 0 aliphatic heterocycles.